The van der Waals surface area contributed by atoms with Crippen LogP contribution in [0.25, 0.3) is 0 Å². The second-order valence-electron chi connectivity index (χ2n) is 5.74. The molecule has 0 spiro atoms. The fourth-order valence-electron chi connectivity index (χ4n) is 3.02. The molecule has 4 heteroatoms. The summed E-state index contributed by atoms with van der Waals surface area (Å²) >= 11 is 0. The van der Waals surface area contributed by atoms with Crippen LogP contribution in [0.4, 0.5) is 0 Å². The molecule has 1 heterocycles. The molecule has 0 aromatic carbocycles. The molecule has 0 radical (unpaired) electrons. The van der Waals surface area contributed by atoms with Crippen molar-refractivity contribution >= 4 is 0 Å². The zero-order valence-corrected chi connectivity index (χ0v) is 11.8. The third kappa shape index (κ3) is 3.55. The highest BCUT2D eigenvalue weighted by molar-refractivity contribution is 4.86. The molecule has 2 atom stereocenters. The Morgan fingerprint density at radius 2 is 2.11 bits per heavy atom. The molecular formula is C14H25N3O. The predicted octanol–water partition coefficient (Wildman–Crippen LogP) is 2.72. The minimum absolute atomic E-state index is 0.669. The Morgan fingerprint density at radius 1 is 1.33 bits per heavy atom. The van der Waals surface area contributed by atoms with Crippen molar-refractivity contribution in [1.82, 2.24) is 15.5 Å². The van der Waals surface area contributed by atoms with Gasteiger partial charge in [0.25, 0.3) is 0 Å². The predicted molar refractivity (Wildman–Crippen MR) is 71.3 cm³/mol. The lowest BCUT2D eigenvalue weighted by Crippen LogP contribution is -2.41. The van der Waals surface area contributed by atoms with E-state index in [1.165, 1.54) is 25.7 Å². The van der Waals surface area contributed by atoms with Crippen LogP contribution in [0.5, 0.6) is 0 Å². The Morgan fingerprint density at radius 3 is 2.78 bits per heavy atom. The summed E-state index contributed by atoms with van der Waals surface area (Å²) in [5, 5.41) is 7.49. The van der Waals surface area contributed by atoms with Gasteiger partial charge in [0.15, 0.2) is 5.82 Å². The van der Waals surface area contributed by atoms with Gasteiger partial charge in [-0.05, 0) is 31.6 Å². The third-order valence-electron chi connectivity index (χ3n) is 3.99. The van der Waals surface area contributed by atoms with Gasteiger partial charge in [0, 0.05) is 19.0 Å². The molecule has 102 valence electrons. The normalized spacial score (nSPS) is 24.7. The van der Waals surface area contributed by atoms with Crippen LogP contribution in [-0.2, 0) is 6.42 Å². The van der Waals surface area contributed by atoms with E-state index in [0.717, 1.165) is 36.5 Å². The van der Waals surface area contributed by atoms with Crippen molar-refractivity contribution in [3.63, 3.8) is 0 Å². The number of hydrogen-bond acceptors (Lipinski definition) is 4. The van der Waals surface area contributed by atoms with Crippen molar-refractivity contribution in [2.75, 3.05) is 6.54 Å². The maximum atomic E-state index is 5.13. The summed E-state index contributed by atoms with van der Waals surface area (Å²) in [4.78, 5) is 4.23. The zero-order valence-electron chi connectivity index (χ0n) is 11.8. The average Bonchev–Trinajstić information content (AvgIpc) is 2.75. The fraction of sp³-hybridized carbons (Fsp3) is 0.857. The first-order valence-electron chi connectivity index (χ1n) is 7.19. The second kappa shape index (κ2) is 6.32. The van der Waals surface area contributed by atoms with Crippen LogP contribution in [0.3, 0.4) is 0 Å². The molecule has 0 bridgehead atoms. The van der Waals surface area contributed by atoms with Crippen molar-refractivity contribution < 1.29 is 4.52 Å². The molecule has 2 unspecified atom stereocenters. The first-order chi connectivity index (χ1) is 8.66. The van der Waals surface area contributed by atoms with Crippen LogP contribution in [0.15, 0.2) is 4.52 Å². The quantitative estimate of drug-likeness (QED) is 0.874. The van der Waals surface area contributed by atoms with E-state index < -0.39 is 0 Å². The lowest BCUT2D eigenvalue weighted by molar-refractivity contribution is 0.205. The Bertz CT molecular complexity index is 362. The maximum absolute atomic E-state index is 5.13. The molecule has 1 N–H and O–H groups in total. The highest BCUT2D eigenvalue weighted by Crippen LogP contribution is 2.30. The van der Waals surface area contributed by atoms with Crippen molar-refractivity contribution in [2.24, 2.45) is 11.8 Å². The number of hydrogen-bond donors (Lipinski definition) is 1. The summed E-state index contributed by atoms with van der Waals surface area (Å²) in [6, 6.07) is 0.669. The summed E-state index contributed by atoms with van der Waals surface area (Å²) in [6.45, 7) is 7.48. The molecule has 0 saturated heterocycles. The van der Waals surface area contributed by atoms with Crippen molar-refractivity contribution in [3.05, 3.63) is 11.7 Å². The second-order valence-corrected chi connectivity index (χ2v) is 5.74. The Kier molecular flexibility index (Phi) is 4.75. The van der Waals surface area contributed by atoms with E-state index in [4.69, 9.17) is 4.52 Å². The Hall–Kier alpha value is -0.900. The fourth-order valence-corrected chi connectivity index (χ4v) is 3.02. The number of rotatable bonds is 5. The van der Waals surface area contributed by atoms with E-state index in [-0.39, 0.29) is 0 Å². The van der Waals surface area contributed by atoms with Crippen LogP contribution in [-0.4, -0.2) is 22.7 Å². The topological polar surface area (TPSA) is 51.0 Å². The molecule has 18 heavy (non-hydrogen) atoms. The van der Waals surface area contributed by atoms with Gasteiger partial charge in [-0.2, -0.15) is 4.98 Å². The highest BCUT2D eigenvalue weighted by Gasteiger charge is 2.26. The maximum Gasteiger partial charge on any atom is 0.227 e. The molecule has 1 fully saturated rings. The zero-order chi connectivity index (χ0) is 13.0. The SMILES string of the molecule is Cc1noc(CCNC2CCCCC2C(C)C)n1. The molecule has 1 aliphatic carbocycles. The summed E-state index contributed by atoms with van der Waals surface area (Å²) in [6.07, 6.45) is 6.27. The Balaban J connectivity index is 1.77. The monoisotopic (exact) mass is 251 g/mol. The van der Waals surface area contributed by atoms with E-state index in [1.807, 2.05) is 6.92 Å². The molecule has 1 saturated carbocycles. The first-order valence-corrected chi connectivity index (χ1v) is 7.19. The van der Waals surface area contributed by atoms with Crippen LogP contribution in [0.1, 0.15) is 51.2 Å². The lowest BCUT2D eigenvalue weighted by atomic mass is 9.78. The van der Waals surface area contributed by atoms with Crippen molar-refractivity contribution in [2.45, 2.75) is 58.9 Å². The molecular weight excluding hydrogens is 226 g/mol. The molecule has 2 rings (SSSR count). The highest BCUT2D eigenvalue weighted by atomic mass is 16.5. The van der Waals surface area contributed by atoms with Gasteiger partial charge in [-0.1, -0.05) is 31.8 Å². The molecule has 1 aromatic heterocycles. The number of aryl methyl sites for hydroxylation is 1. The average molecular weight is 251 g/mol. The van der Waals surface area contributed by atoms with Gasteiger partial charge >= 0.3 is 0 Å². The summed E-state index contributed by atoms with van der Waals surface area (Å²) < 4.78 is 5.13. The summed E-state index contributed by atoms with van der Waals surface area (Å²) in [7, 11) is 0. The Labute approximate surface area is 110 Å². The van der Waals surface area contributed by atoms with Gasteiger partial charge in [0.05, 0.1) is 0 Å². The third-order valence-corrected chi connectivity index (χ3v) is 3.99. The molecule has 1 aliphatic rings. The van der Waals surface area contributed by atoms with Crippen molar-refractivity contribution in [3.8, 4) is 0 Å². The van der Waals surface area contributed by atoms with Crippen LogP contribution in [0.2, 0.25) is 0 Å². The minimum atomic E-state index is 0.669. The lowest BCUT2D eigenvalue weighted by Gasteiger charge is -2.35. The first kappa shape index (κ1) is 13.5. The van der Waals surface area contributed by atoms with Gasteiger partial charge in [0.1, 0.15) is 0 Å². The van der Waals surface area contributed by atoms with E-state index in [9.17, 15) is 0 Å². The number of nitrogens with zero attached hydrogens (tertiary/aromatic N) is 2. The van der Waals surface area contributed by atoms with Crippen molar-refractivity contribution in [1.29, 1.82) is 0 Å². The van der Waals surface area contributed by atoms with Gasteiger partial charge in [0.2, 0.25) is 5.89 Å². The van der Waals surface area contributed by atoms with Gasteiger partial charge in [-0.15, -0.1) is 0 Å². The number of nitrogens with one attached hydrogen (secondary N) is 1. The smallest absolute Gasteiger partial charge is 0.227 e. The van der Waals surface area contributed by atoms with Crippen LogP contribution >= 0.6 is 0 Å². The molecule has 0 amide bonds. The van der Waals surface area contributed by atoms with Gasteiger partial charge < -0.3 is 9.84 Å². The molecule has 1 aromatic rings. The van der Waals surface area contributed by atoms with E-state index in [1.54, 1.807) is 0 Å². The van der Waals surface area contributed by atoms with Crippen LogP contribution < -0.4 is 5.32 Å². The van der Waals surface area contributed by atoms with E-state index >= 15 is 0 Å². The summed E-state index contributed by atoms with van der Waals surface area (Å²) in [5.74, 6) is 3.07. The standard InChI is InChI=1S/C14H25N3O/c1-10(2)12-6-4-5-7-13(12)15-9-8-14-16-11(3)17-18-14/h10,12-13,15H,4-9H2,1-3H3. The van der Waals surface area contributed by atoms with Gasteiger partial charge in [-0.3, -0.25) is 0 Å². The largest absolute Gasteiger partial charge is 0.339 e. The van der Waals surface area contributed by atoms with E-state index in [0.29, 0.717) is 6.04 Å². The minimum Gasteiger partial charge on any atom is -0.339 e. The number of aromatic nitrogens is 2. The van der Waals surface area contributed by atoms with Gasteiger partial charge in [-0.25, -0.2) is 0 Å². The van der Waals surface area contributed by atoms with Crippen LogP contribution in [0, 0.1) is 18.8 Å². The van der Waals surface area contributed by atoms with E-state index in [2.05, 4.69) is 29.3 Å². The molecule has 0 aliphatic heterocycles. The summed E-state index contributed by atoms with van der Waals surface area (Å²) in [5.41, 5.74) is 0. The molecule has 4 nitrogen and oxygen atoms in total.